The minimum absolute atomic E-state index is 0.0712. The summed E-state index contributed by atoms with van der Waals surface area (Å²) in [6.07, 6.45) is 2.78. The second kappa shape index (κ2) is 7.79. The van der Waals surface area contributed by atoms with Gasteiger partial charge in [0, 0.05) is 23.8 Å². The molecule has 0 bridgehead atoms. The van der Waals surface area contributed by atoms with E-state index in [4.69, 9.17) is 16.3 Å². The number of anilines is 3. The van der Waals surface area contributed by atoms with Crippen molar-refractivity contribution in [3.63, 3.8) is 0 Å². The summed E-state index contributed by atoms with van der Waals surface area (Å²) in [5.74, 6) is 0.103. The molecule has 0 aliphatic rings. The van der Waals surface area contributed by atoms with Crippen LogP contribution in [0.15, 0.2) is 54.9 Å². The molecule has 26 heavy (non-hydrogen) atoms. The van der Waals surface area contributed by atoms with Gasteiger partial charge in [-0.3, -0.25) is 4.79 Å². The first kappa shape index (κ1) is 17.6. The number of methoxy groups -OCH3 is 1. The molecule has 0 fully saturated rings. The van der Waals surface area contributed by atoms with Gasteiger partial charge < -0.3 is 15.4 Å². The van der Waals surface area contributed by atoms with Gasteiger partial charge in [-0.25, -0.2) is 14.4 Å². The fourth-order valence-corrected chi connectivity index (χ4v) is 2.27. The summed E-state index contributed by atoms with van der Waals surface area (Å²) in [6.45, 7) is 0. The van der Waals surface area contributed by atoms with Crippen LogP contribution in [0.3, 0.4) is 0 Å². The smallest absolute Gasteiger partial charge is 0.258 e. The SMILES string of the molecule is COc1ccc(Nc2ncc(C(=O)Nc3ccc(F)c(Cl)c3)cn2)cc1. The second-order valence-corrected chi connectivity index (χ2v) is 5.64. The van der Waals surface area contributed by atoms with Crippen molar-refractivity contribution < 1.29 is 13.9 Å². The fourth-order valence-electron chi connectivity index (χ4n) is 2.09. The highest BCUT2D eigenvalue weighted by atomic mass is 35.5. The van der Waals surface area contributed by atoms with E-state index in [0.717, 1.165) is 11.4 Å². The van der Waals surface area contributed by atoms with Gasteiger partial charge in [0.05, 0.1) is 17.7 Å². The summed E-state index contributed by atoms with van der Waals surface area (Å²) < 4.78 is 18.2. The fraction of sp³-hybridized carbons (Fsp3) is 0.0556. The van der Waals surface area contributed by atoms with Crippen LogP contribution >= 0.6 is 11.6 Å². The van der Waals surface area contributed by atoms with Crippen LogP contribution in [-0.4, -0.2) is 23.0 Å². The molecule has 2 aromatic carbocycles. The third kappa shape index (κ3) is 4.25. The zero-order valence-corrected chi connectivity index (χ0v) is 14.4. The molecule has 0 saturated heterocycles. The highest BCUT2D eigenvalue weighted by molar-refractivity contribution is 6.31. The molecule has 0 atom stereocenters. The van der Waals surface area contributed by atoms with E-state index in [-0.39, 0.29) is 10.6 Å². The summed E-state index contributed by atoms with van der Waals surface area (Å²) in [5, 5.41) is 5.55. The topological polar surface area (TPSA) is 76.1 Å². The monoisotopic (exact) mass is 372 g/mol. The molecule has 0 saturated carbocycles. The predicted octanol–water partition coefficient (Wildman–Crippen LogP) is 4.27. The predicted molar refractivity (Wildman–Crippen MR) is 97.7 cm³/mol. The Balaban J connectivity index is 1.66. The molecule has 2 N–H and O–H groups in total. The number of benzene rings is 2. The first-order valence-corrected chi connectivity index (χ1v) is 7.92. The average Bonchev–Trinajstić information content (AvgIpc) is 2.66. The molecule has 3 rings (SSSR count). The summed E-state index contributed by atoms with van der Waals surface area (Å²) in [6, 6.07) is 11.2. The van der Waals surface area contributed by atoms with E-state index < -0.39 is 11.7 Å². The quantitative estimate of drug-likeness (QED) is 0.699. The average molecular weight is 373 g/mol. The van der Waals surface area contributed by atoms with Crippen molar-refractivity contribution in [3.8, 4) is 5.75 Å². The Labute approximate surface area is 154 Å². The molecular weight excluding hydrogens is 359 g/mol. The first-order chi connectivity index (χ1) is 12.5. The maximum Gasteiger partial charge on any atom is 0.258 e. The molecule has 1 heterocycles. The van der Waals surface area contributed by atoms with Crippen LogP contribution in [0, 0.1) is 5.82 Å². The number of nitrogens with zero attached hydrogens (tertiary/aromatic N) is 2. The number of ether oxygens (including phenoxy) is 1. The summed E-state index contributed by atoms with van der Waals surface area (Å²) in [5.41, 5.74) is 1.41. The molecule has 1 aromatic heterocycles. The van der Waals surface area contributed by atoms with Crippen molar-refractivity contribution in [2.45, 2.75) is 0 Å². The van der Waals surface area contributed by atoms with Gasteiger partial charge in [0.25, 0.3) is 5.91 Å². The normalized spacial score (nSPS) is 10.3. The number of hydrogen-bond acceptors (Lipinski definition) is 5. The molecule has 0 radical (unpaired) electrons. The van der Waals surface area contributed by atoms with Crippen LogP contribution < -0.4 is 15.4 Å². The van der Waals surface area contributed by atoms with Crippen molar-refractivity contribution in [2.24, 2.45) is 0 Å². The lowest BCUT2D eigenvalue weighted by molar-refractivity contribution is 0.102. The van der Waals surface area contributed by atoms with Crippen LogP contribution in [0.2, 0.25) is 5.02 Å². The van der Waals surface area contributed by atoms with E-state index in [1.165, 1.54) is 30.6 Å². The van der Waals surface area contributed by atoms with Gasteiger partial charge in [0.2, 0.25) is 5.95 Å². The Hall–Kier alpha value is -3.19. The molecule has 6 nitrogen and oxygen atoms in total. The van der Waals surface area contributed by atoms with Gasteiger partial charge in [-0.15, -0.1) is 0 Å². The molecular formula is C18H14ClFN4O2. The second-order valence-electron chi connectivity index (χ2n) is 5.23. The van der Waals surface area contributed by atoms with Gasteiger partial charge >= 0.3 is 0 Å². The van der Waals surface area contributed by atoms with Gasteiger partial charge in [0.15, 0.2) is 0 Å². The van der Waals surface area contributed by atoms with E-state index in [1.807, 2.05) is 12.1 Å². The molecule has 0 spiro atoms. The molecule has 132 valence electrons. The lowest BCUT2D eigenvalue weighted by atomic mass is 10.2. The molecule has 1 amide bonds. The Morgan fingerprint density at radius 2 is 1.73 bits per heavy atom. The summed E-state index contributed by atoms with van der Waals surface area (Å²) in [4.78, 5) is 20.4. The van der Waals surface area contributed by atoms with Crippen LogP contribution in [-0.2, 0) is 0 Å². The highest BCUT2D eigenvalue weighted by Crippen LogP contribution is 2.20. The number of carbonyl (C=O) groups excluding carboxylic acids is 1. The number of rotatable bonds is 5. The van der Waals surface area contributed by atoms with Crippen molar-refractivity contribution in [2.75, 3.05) is 17.7 Å². The van der Waals surface area contributed by atoms with Gasteiger partial charge in [-0.1, -0.05) is 11.6 Å². The van der Waals surface area contributed by atoms with E-state index in [2.05, 4.69) is 20.6 Å². The number of hydrogen-bond donors (Lipinski definition) is 2. The lowest BCUT2D eigenvalue weighted by Crippen LogP contribution is -2.13. The van der Waals surface area contributed by atoms with E-state index in [9.17, 15) is 9.18 Å². The number of halogens is 2. The first-order valence-electron chi connectivity index (χ1n) is 7.54. The van der Waals surface area contributed by atoms with E-state index in [1.54, 1.807) is 19.2 Å². The largest absolute Gasteiger partial charge is 0.497 e. The number of aromatic nitrogens is 2. The maximum absolute atomic E-state index is 13.1. The standard InChI is InChI=1S/C18H14ClFN4O2/c1-26-14-5-2-12(3-6-14)24-18-21-9-11(10-22-18)17(25)23-13-4-7-16(20)15(19)8-13/h2-10H,1H3,(H,23,25)(H,21,22,24). The Morgan fingerprint density at radius 3 is 2.35 bits per heavy atom. The Kier molecular flexibility index (Phi) is 5.28. The zero-order chi connectivity index (χ0) is 18.5. The molecule has 0 aliphatic heterocycles. The summed E-state index contributed by atoms with van der Waals surface area (Å²) >= 11 is 5.69. The molecule has 8 heteroatoms. The van der Waals surface area contributed by atoms with Crippen LogP contribution in [0.1, 0.15) is 10.4 Å². The number of nitrogens with one attached hydrogen (secondary N) is 2. The third-order valence-electron chi connectivity index (χ3n) is 3.44. The molecule has 0 aliphatic carbocycles. The number of amides is 1. The van der Waals surface area contributed by atoms with Crippen molar-refractivity contribution >= 4 is 34.8 Å². The van der Waals surface area contributed by atoms with Crippen LogP contribution in [0.5, 0.6) is 5.75 Å². The lowest BCUT2D eigenvalue weighted by Gasteiger charge is -2.08. The minimum Gasteiger partial charge on any atom is -0.497 e. The van der Waals surface area contributed by atoms with Crippen LogP contribution in [0.4, 0.5) is 21.7 Å². The molecule has 0 unspecified atom stereocenters. The van der Waals surface area contributed by atoms with Gasteiger partial charge in [-0.2, -0.15) is 0 Å². The van der Waals surface area contributed by atoms with Gasteiger partial charge in [0.1, 0.15) is 11.6 Å². The third-order valence-corrected chi connectivity index (χ3v) is 3.73. The van der Waals surface area contributed by atoms with Crippen molar-refractivity contribution in [1.82, 2.24) is 9.97 Å². The van der Waals surface area contributed by atoms with Crippen LogP contribution in [0.25, 0.3) is 0 Å². The van der Waals surface area contributed by atoms with Gasteiger partial charge in [-0.05, 0) is 42.5 Å². The highest BCUT2D eigenvalue weighted by Gasteiger charge is 2.09. The minimum atomic E-state index is -0.554. The summed E-state index contributed by atoms with van der Waals surface area (Å²) in [7, 11) is 1.59. The van der Waals surface area contributed by atoms with Crippen molar-refractivity contribution in [3.05, 3.63) is 71.3 Å². The van der Waals surface area contributed by atoms with Crippen molar-refractivity contribution in [1.29, 1.82) is 0 Å². The molecule has 3 aromatic rings. The Morgan fingerprint density at radius 1 is 1.08 bits per heavy atom. The van der Waals surface area contributed by atoms with E-state index >= 15 is 0 Å². The maximum atomic E-state index is 13.1. The zero-order valence-electron chi connectivity index (χ0n) is 13.7. The number of carbonyl (C=O) groups is 1. The Bertz CT molecular complexity index is 917. The van der Waals surface area contributed by atoms with E-state index in [0.29, 0.717) is 11.6 Å².